The van der Waals surface area contributed by atoms with E-state index in [1.807, 2.05) is 0 Å². The molecule has 1 fully saturated rings. The maximum atomic E-state index is 6.10. The van der Waals surface area contributed by atoms with Gasteiger partial charge in [-0.05, 0) is 30.5 Å². The van der Waals surface area contributed by atoms with Crippen LogP contribution < -0.4 is 5.73 Å². The number of likely N-dealkylation sites (N-methyl/N-ethyl adjacent to an activating group) is 1. The van der Waals surface area contributed by atoms with Gasteiger partial charge in [-0.2, -0.15) is 0 Å². The number of piperazine rings is 1. The van der Waals surface area contributed by atoms with E-state index in [9.17, 15) is 0 Å². The Kier molecular flexibility index (Phi) is 5.80. The first-order valence-corrected chi connectivity index (χ1v) is 8.31. The number of nitrogens with zero attached hydrogens (tertiary/aromatic N) is 2. The Bertz CT molecular complexity index is 427. The van der Waals surface area contributed by atoms with Gasteiger partial charge in [-0.15, -0.1) is 0 Å². The molecule has 0 saturated carbocycles. The average Bonchev–Trinajstić information content (AvgIpc) is 2.50. The second-order valence-corrected chi connectivity index (χ2v) is 6.61. The lowest BCUT2D eigenvalue weighted by atomic mass is 9.97. The fraction of sp³-hybridized carbons (Fsp3) is 0.667. The Balaban J connectivity index is 2.11. The lowest BCUT2D eigenvalue weighted by Gasteiger charge is -2.42. The zero-order valence-corrected chi connectivity index (χ0v) is 14.0. The number of hydrogen-bond acceptors (Lipinski definition) is 3. The number of rotatable bonds is 5. The third kappa shape index (κ3) is 3.85. The summed E-state index contributed by atoms with van der Waals surface area (Å²) in [7, 11) is 2.24. The molecule has 0 aromatic heterocycles. The maximum absolute atomic E-state index is 6.10. The molecule has 0 radical (unpaired) electrons. The molecular weight excluding hydrogens is 258 g/mol. The van der Waals surface area contributed by atoms with Gasteiger partial charge in [0.2, 0.25) is 0 Å². The van der Waals surface area contributed by atoms with Gasteiger partial charge in [0.15, 0.2) is 0 Å². The van der Waals surface area contributed by atoms with Crippen LogP contribution in [0, 0.1) is 0 Å². The summed E-state index contributed by atoms with van der Waals surface area (Å²) in [6.07, 6.45) is 1.20. The highest BCUT2D eigenvalue weighted by molar-refractivity contribution is 5.27. The highest BCUT2D eigenvalue weighted by Crippen LogP contribution is 2.25. The van der Waals surface area contributed by atoms with Crippen molar-refractivity contribution in [3.8, 4) is 0 Å². The summed E-state index contributed by atoms with van der Waals surface area (Å²) in [6.45, 7) is 10.8. The van der Waals surface area contributed by atoms with E-state index < -0.39 is 0 Å². The summed E-state index contributed by atoms with van der Waals surface area (Å²) >= 11 is 0. The van der Waals surface area contributed by atoms with Crippen molar-refractivity contribution in [3.05, 3.63) is 35.4 Å². The van der Waals surface area contributed by atoms with Crippen LogP contribution >= 0.6 is 0 Å². The van der Waals surface area contributed by atoms with Crippen LogP contribution in [-0.4, -0.2) is 49.1 Å². The van der Waals surface area contributed by atoms with Gasteiger partial charge in [-0.25, -0.2) is 0 Å². The van der Waals surface area contributed by atoms with E-state index in [0.29, 0.717) is 24.5 Å². The van der Waals surface area contributed by atoms with Crippen LogP contribution in [-0.2, 0) is 0 Å². The zero-order valence-electron chi connectivity index (χ0n) is 14.0. The van der Waals surface area contributed by atoms with Crippen LogP contribution in [0.15, 0.2) is 24.3 Å². The molecule has 0 aliphatic carbocycles. The summed E-state index contributed by atoms with van der Waals surface area (Å²) in [6, 6.07) is 10.1. The van der Waals surface area contributed by atoms with Crippen LogP contribution in [0.25, 0.3) is 0 Å². The van der Waals surface area contributed by atoms with Crippen molar-refractivity contribution in [3.63, 3.8) is 0 Å². The van der Waals surface area contributed by atoms with Gasteiger partial charge in [-0.3, -0.25) is 4.90 Å². The van der Waals surface area contributed by atoms with Crippen molar-refractivity contribution in [2.24, 2.45) is 5.73 Å². The SMILES string of the molecule is CCC1CN(C(CN)c2ccc(C(C)C)cc2)CCN1C. The van der Waals surface area contributed by atoms with E-state index >= 15 is 0 Å². The molecule has 1 heterocycles. The van der Waals surface area contributed by atoms with Gasteiger partial charge >= 0.3 is 0 Å². The molecule has 2 rings (SSSR count). The summed E-state index contributed by atoms with van der Waals surface area (Å²) < 4.78 is 0. The zero-order chi connectivity index (χ0) is 15.4. The molecule has 0 amide bonds. The molecule has 2 atom stereocenters. The molecule has 0 spiro atoms. The Morgan fingerprint density at radius 1 is 1.14 bits per heavy atom. The maximum Gasteiger partial charge on any atom is 0.0471 e. The number of benzene rings is 1. The fourth-order valence-corrected chi connectivity index (χ4v) is 3.29. The molecule has 1 aliphatic heterocycles. The minimum absolute atomic E-state index is 0.356. The third-order valence-electron chi connectivity index (χ3n) is 4.93. The standard InChI is InChI=1S/C18H31N3/c1-5-17-13-21(11-10-20(17)4)18(12-19)16-8-6-15(7-9-16)14(2)3/h6-9,14,17-18H,5,10-13,19H2,1-4H3. The highest BCUT2D eigenvalue weighted by Gasteiger charge is 2.28. The second kappa shape index (κ2) is 7.39. The summed E-state index contributed by atoms with van der Waals surface area (Å²) in [5.41, 5.74) is 8.86. The number of hydrogen-bond donors (Lipinski definition) is 1. The monoisotopic (exact) mass is 289 g/mol. The first kappa shape index (κ1) is 16.5. The van der Waals surface area contributed by atoms with Crippen molar-refractivity contribution in [1.29, 1.82) is 0 Å². The van der Waals surface area contributed by atoms with E-state index in [-0.39, 0.29) is 0 Å². The Morgan fingerprint density at radius 3 is 2.29 bits per heavy atom. The van der Waals surface area contributed by atoms with Gasteiger partial charge in [0.1, 0.15) is 0 Å². The lowest BCUT2D eigenvalue weighted by molar-refractivity contribution is 0.0644. The smallest absolute Gasteiger partial charge is 0.0471 e. The van der Waals surface area contributed by atoms with Crippen molar-refractivity contribution in [2.75, 3.05) is 33.2 Å². The molecule has 1 saturated heterocycles. The van der Waals surface area contributed by atoms with Crippen LogP contribution in [0.1, 0.15) is 50.3 Å². The summed E-state index contributed by atoms with van der Waals surface area (Å²) in [4.78, 5) is 5.05. The molecule has 1 aromatic carbocycles. The Morgan fingerprint density at radius 2 is 1.76 bits per heavy atom. The topological polar surface area (TPSA) is 32.5 Å². The van der Waals surface area contributed by atoms with E-state index in [0.717, 1.165) is 19.6 Å². The van der Waals surface area contributed by atoms with Gasteiger partial charge in [0.25, 0.3) is 0 Å². The van der Waals surface area contributed by atoms with Gasteiger partial charge in [0, 0.05) is 38.3 Å². The minimum atomic E-state index is 0.356. The minimum Gasteiger partial charge on any atom is -0.329 e. The third-order valence-corrected chi connectivity index (χ3v) is 4.93. The quantitative estimate of drug-likeness (QED) is 0.904. The van der Waals surface area contributed by atoms with Crippen molar-refractivity contribution in [1.82, 2.24) is 9.80 Å². The van der Waals surface area contributed by atoms with Gasteiger partial charge in [0.05, 0.1) is 0 Å². The molecule has 2 N–H and O–H groups in total. The Hall–Kier alpha value is -0.900. The summed E-state index contributed by atoms with van der Waals surface area (Å²) in [5, 5.41) is 0. The van der Waals surface area contributed by atoms with Crippen molar-refractivity contribution < 1.29 is 0 Å². The highest BCUT2D eigenvalue weighted by atomic mass is 15.3. The van der Waals surface area contributed by atoms with E-state index in [1.54, 1.807) is 0 Å². The van der Waals surface area contributed by atoms with Gasteiger partial charge in [-0.1, -0.05) is 45.0 Å². The first-order chi connectivity index (χ1) is 10.1. The predicted octanol–water partition coefficient (Wildman–Crippen LogP) is 2.84. The first-order valence-electron chi connectivity index (χ1n) is 8.31. The molecule has 1 aliphatic rings. The van der Waals surface area contributed by atoms with E-state index in [1.165, 1.54) is 17.5 Å². The fourth-order valence-electron chi connectivity index (χ4n) is 3.29. The van der Waals surface area contributed by atoms with Crippen molar-refractivity contribution in [2.45, 2.75) is 45.2 Å². The van der Waals surface area contributed by atoms with Crippen molar-refractivity contribution >= 4 is 0 Å². The molecule has 1 aromatic rings. The second-order valence-electron chi connectivity index (χ2n) is 6.61. The lowest BCUT2D eigenvalue weighted by Crippen LogP contribution is -2.53. The molecular formula is C18H31N3. The summed E-state index contributed by atoms with van der Waals surface area (Å²) in [5.74, 6) is 0.587. The molecule has 0 bridgehead atoms. The Labute approximate surface area is 130 Å². The normalized spacial score (nSPS) is 22.7. The van der Waals surface area contributed by atoms with Crippen LogP contribution in [0.2, 0.25) is 0 Å². The van der Waals surface area contributed by atoms with E-state index in [2.05, 4.69) is 61.9 Å². The largest absolute Gasteiger partial charge is 0.329 e. The molecule has 3 heteroatoms. The van der Waals surface area contributed by atoms with Crippen LogP contribution in [0.5, 0.6) is 0 Å². The van der Waals surface area contributed by atoms with Crippen LogP contribution in [0.3, 0.4) is 0 Å². The average molecular weight is 289 g/mol. The van der Waals surface area contributed by atoms with Crippen LogP contribution in [0.4, 0.5) is 0 Å². The van der Waals surface area contributed by atoms with Gasteiger partial charge < -0.3 is 10.6 Å². The molecule has 21 heavy (non-hydrogen) atoms. The predicted molar refractivity (Wildman–Crippen MR) is 90.6 cm³/mol. The molecule has 118 valence electrons. The number of nitrogens with two attached hydrogens (primary N) is 1. The molecule has 3 nitrogen and oxygen atoms in total. The van der Waals surface area contributed by atoms with E-state index in [4.69, 9.17) is 5.73 Å². The molecule has 2 unspecified atom stereocenters.